The number of rotatable bonds is 4. The summed E-state index contributed by atoms with van der Waals surface area (Å²) in [5, 5.41) is 2.59. The maximum Gasteiger partial charge on any atom is 0.260 e. The SMILES string of the molecule is Cc1cncn(CCNC(=O)c2ccc[nH]c2=O)c1=O. The Morgan fingerprint density at radius 3 is 3.00 bits per heavy atom. The molecule has 0 aliphatic heterocycles. The van der Waals surface area contributed by atoms with E-state index in [4.69, 9.17) is 0 Å². The number of H-pyrrole nitrogens is 1. The van der Waals surface area contributed by atoms with Gasteiger partial charge in [-0.1, -0.05) is 0 Å². The van der Waals surface area contributed by atoms with Crippen LogP contribution >= 0.6 is 0 Å². The number of aryl methyl sites for hydroxylation is 1. The molecule has 0 aliphatic rings. The molecule has 1 amide bonds. The molecule has 0 fully saturated rings. The van der Waals surface area contributed by atoms with E-state index in [9.17, 15) is 14.4 Å². The minimum absolute atomic E-state index is 0.0437. The number of carbonyl (C=O) groups is 1. The Labute approximate surface area is 114 Å². The third kappa shape index (κ3) is 3.00. The number of aromatic amines is 1. The molecule has 0 atom stereocenters. The Hall–Kier alpha value is -2.70. The lowest BCUT2D eigenvalue weighted by molar-refractivity contribution is 0.0950. The lowest BCUT2D eigenvalue weighted by Crippen LogP contribution is -2.34. The Bertz CT molecular complexity index is 733. The fourth-order valence-electron chi connectivity index (χ4n) is 1.70. The number of nitrogens with one attached hydrogen (secondary N) is 2. The molecule has 7 nitrogen and oxygen atoms in total. The highest BCUT2D eigenvalue weighted by atomic mass is 16.2. The molecule has 2 aromatic heterocycles. The van der Waals surface area contributed by atoms with Crippen LogP contribution in [0.15, 0.2) is 40.4 Å². The van der Waals surface area contributed by atoms with Crippen LogP contribution in [-0.4, -0.2) is 27.0 Å². The van der Waals surface area contributed by atoms with Crippen LogP contribution in [0.2, 0.25) is 0 Å². The molecule has 104 valence electrons. The molecular weight excluding hydrogens is 260 g/mol. The van der Waals surface area contributed by atoms with Crippen molar-refractivity contribution in [2.24, 2.45) is 0 Å². The van der Waals surface area contributed by atoms with Gasteiger partial charge in [0.1, 0.15) is 5.56 Å². The van der Waals surface area contributed by atoms with E-state index in [1.54, 1.807) is 13.0 Å². The maximum absolute atomic E-state index is 11.8. The molecule has 0 aliphatic carbocycles. The van der Waals surface area contributed by atoms with Crippen LogP contribution in [0.4, 0.5) is 0 Å². The van der Waals surface area contributed by atoms with Gasteiger partial charge in [0.25, 0.3) is 17.0 Å². The van der Waals surface area contributed by atoms with Gasteiger partial charge in [0, 0.05) is 31.0 Å². The summed E-state index contributed by atoms with van der Waals surface area (Å²) in [6, 6.07) is 3.01. The molecule has 20 heavy (non-hydrogen) atoms. The first-order chi connectivity index (χ1) is 9.59. The van der Waals surface area contributed by atoms with Gasteiger partial charge in [0.2, 0.25) is 0 Å². The molecule has 0 saturated heterocycles. The van der Waals surface area contributed by atoms with E-state index in [2.05, 4.69) is 15.3 Å². The number of pyridine rings is 1. The molecule has 2 aromatic rings. The van der Waals surface area contributed by atoms with Crippen molar-refractivity contribution < 1.29 is 4.79 Å². The summed E-state index contributed by atoms with van der Waals surface area (Å²) >= 11 is 0. The van der Waals surface area contributed by atoms with Crippen LogP contribution < -0.4 is 16.4 Å². The van der Waals surface area contributed by atoms with Crippen LogP contribution in [0, 0.1) is 6.92 Å². The van der Waals surface area contributed by atoms with E-state index in [0.29, 0.717) is 12.1 Å². The fourth-order valence-corrected chi connectivity index (χ4v) is 1.70. The molecule has 2 heterocycles. The number of aromatic nitrogens is 3. The standard InChI is InChI=1S/C13H14N4O3/c1-9-7-14-8-17(13(9)20)6-5-16-12(19)10-3-2-4-15-11(10)18/h2-4,7-8H,5-6H2,1H3,(H,15,18)(H,16,19). The van der Waals surface area contributed by atoms with E-state index in [0.717, 1.165) is 0 Å². The molecular formula is C13H14N4O3. The third-order valence-corrected chi connectivity index (χ3v) is 2.77. The van der Waals surface area contributed by atoms with Crippen LogP contribution in [0.3, 0.4) is 0 Å². The van der Waals surface area contributed by atoms with Gasteiger partial charge in [-0.25, -0.2) is 4.98 Å². The summed E-state index contributed by atoms with van der Waals surface area (Å²) in [5.74, 6) is -0.472. The van der Waals surface area contributed by atoms with Gasteiger partial charge in [-0.2, -0.15) is 0 Å². The average Bonchev–Trinajstić information content (AvgIpc) is 2.44. The first-order valence-corrected chi connectivity index (χ1v) is 6.06. The predicted octanol–water partition coefficient (Wildman–Crippen LogP) is -0.330. The number of nitrogens with zero attached hydrogens (tertiary/aromatic N) is 2. The number of amides is 1. The molecule has 0 spiro atoms. The largest absolute Gasteiger partial charge is 0.350 e. The van der Waals surface area contributed by atoms with Crippen molar-refractivity contribution in [1.82, 2.24) is 19.9 Å². The number of hydrogen-bond acceptors (Lipinski definition) is 4. The summed E-state index contributed by atoms with van der Waals surface area (Å²) in [5.41, 5.74) is -0.00765. The van der Waals surface area contributed by atoms with Crippen molar-refractivity contribution in [3.63, 3.8) is 0 Å². The van der Waals surface area contributed by atoms with Crippen molar-refractivity contribution in [2.45, 2.75) is 13.5 Å². The highest BCUT2D eigenvalue weighted by molar-refractivity contribution is 5.93. The zero-order valence-electron chi connectivity index (χ0n) is 10.9. The topological polar surface area (TPSA) is 96.8 Å². The van der Waals surface area contributed by atoms with Crippen LogP contribution in [-0.2, 0) is 6.54 Å². The van der Waals surface area contributed by atoms with Crippen LogP contribution in [0.5, 0.6) is 0 Å². The van der Waals surface area contributed by atoms with Crippen LogP contribution in [0.25, 0.3) is 0 Å². The van der Waals surface area contributed by atoms with Gasteiger partial charge in [0.05, 0.1) is 6.33 Å². The van der Waals surface area contributed by atoms with Crippen molar-refractivity contribution in [2.75, 3.05) is 6.54 Å². The average molecular weight is 274 g/mol. The first-order valence-electron chi connectivity index (χ1n) is 6.06. The quantitative estimate of drug-likeness (QED) is 0.797. The molecule has 0 radical (unpaired) electrons. The molecule has 7 heteroatoms. The minimum atomic E-state index is -0.472. The second kappa shape index (κ2) is 5.96. The summed E-state index contributed by atoms with van der Waals surface area (Å²) in [4.78, 5) is 41.2. The number of hydrogen-bond donors (Lipinski definition) is 2. The minimum Gasteiger partial charge on any atom is -0.350 e. The van der Waals surface area contributed by atoms with Crippen molar-refractivity contribution in [3.8, 4) is 0 Å². The van der Waals surface area contributed by atoms with Crippen molar-refractivity contribution >= 4 is 5.91 Å². The van der Waals surface area contributed by atoms with E-state index >= 15 is 0 Å². The van der Waals surface area contributed by atoms with Crippen molar-refractivity contribution in [3.05, 3.63) is 62.7 Å². The Balaban J connectivity index is 1.99. The summed E-state index contributed by atoms with van der Waals surface area (Å²) in [6.07, 6.45) is 4.36. The molecule has 2 N–H and O–H groups in total. The highest BCUT2D eigenvalue weighted by Crippen LogP contribution is 1.89. The van der Waals surface area contributed by atoms with Gasteiger partial charge in [-0.15, -0.1) is 0 Å². The smallest absolute Gasteiger partial charge is 0.260 e. The lowest BCUT2D eigenvalue weighted by Gasteiger charge is -2.07. The van der Waals surface area contributed by atoms with Gasteiger partial charge in [-0.05, 0) is 19.1 Å². The van der Waals surface area contributed by atoms with Gasteiger partial charge < -0.3 is 10.3 Å². The second-order valence-corrected chi connectivity index (χ2v) is 4.24. The number of carbonyl (C=O) groups excluding carboxylic acids is 1. The molecule has 0 saturated carbocycles. The molecule has 0 unspecified atom stereocenters. The molecule has 2 rings (SSSR count). The Kier molecular flexibility index (Phi) is 4.09. The van der Waals surface area contributed by atoms with Gasteiger partial charge >= 0.3 is 0 Å². The van der Waals surface area contributed by atoms with Gasteiger partial charge in [0.15, 0.2) is 0 Å². The van der Waals surface area contributed by atoms with Gasteiger partial charge in [-0.3, -0.25) is 19.0 Å². The summed E-state index contributed by atoms with van der Waals surface area (Å²) in [7, 11) is 0. The van der Waals surface area contributed by atoms with E-state index < -0.39 is 11.5 Å². The monoisotopic (exact) mass is 274 g/mol. The summed E-state index contributed by atoms with van der Waals surface area (Å²) < 4.78 is 1.41. The maximum atomic E-state index is 11.8. The van der Waals surface area contributed by atoms with Crippen molar-refractivity contribution in [1.29, 1.82) is 0 Å². The molecule has 0 aromatic carbocycles. The Morgan fingerprint density at radius 1 is 1.45 bits per heavy atom. The van der Waals surface area contributed by atoms with E-state index in [-0.39, 0.29) is 17.7 Å². The fraction of sp³-hybridized carbons (Fsp3) is 0.231. The zero-order chi connectivity index (χ0) is 14.5. The van der Waals surface area contributed by atoms with E-state index in [1.807, 2.05) is 0 Å². The lowest BCUT2D eigenvalue weighted by atomic mass is 10.2. The predicted molar refractivity (Wildman–Crippen MR) is 72.6 cm³/mol. The molecule has 0 bridgehead atoms. The Morgan fingerprint density at radius 2 is 2.25 bits per heavy atom. The first kappa shape index (κ1) is 13.7. The highest BCUT2D eigenvalue weighted by Gasteiger charge is 2.08. The normalized spacial score (nSPS) is 10.2. The summed E-state index contributed by atoms with van der Waals surface area (Å²) in [6.45, 7) is 2.20. The van der Waals surface area contributed by atoms with E-state index in [1.165, 1.54) is 29.4 Å². The zero-order valence-corrected chi connectivity index (χ0v) is 10.9. The van der Waals surface area contributed by atoms with Crippen LogP contribution in [0.1, 0.15) is 15.9 Å². The third-order valence-electron chi connectivity index (χ3n) is 2.77. The second-order valence-electron chi connectivity index (χ2n) is 4.24.